The van der Waals surface area contributed by atoms with Gasteiger partial charge >= 0.3 is 0 Å². The number of methoxy groups -OCH3 is 1. The summed E-state index contributed by atoms with van der Waals surface area (Å²) >= 11 is 0. The van der Waals surface area contributed by atoms with E-state index in [1.54, 1.807) is 13.2 Å². The van der Waals surface area contributed by atoms with Gasteiger partial charge in [-0.15, -0.1) is 0 Å². The largest absolute Gasteiger partial charge is 0.495 e. The molecule has 3 rings (SSSR count). The minimum atomic E-state index is -0.264. The molecular formula is C16H18N4O2. The van der Waals surface area contributed by atoms with Crippen LogP contribution in [0.25, 0.3) is 10.9 Å². The van der Waals surface area contributed by atoms with Crippen molar-refractivity contribution in [2.24, 2.45) is 0 Å². The van der Waals surface area contributed by atoms with Crippen molar-refractivity contribution < 1.29 is 4.74 Å². The first-order valence-corrected chi connectivity index (χ1v) is 7.21. The van der Waals surface area contributed by atoms with E-state index in [0.717, 1.165) is 37.4 Å². The number of pyridine rings is 1. The minimum absolute atomic E-state index is 0.113. The van der Waals surface area contributed by atoms with E-state index in [2.05, 4.69) is 21.8 Å². The van der Waals surface area contributed by atoms with E-state index in [1.165, 1.54) is 6.20 Å². The van der Waals surface area contributed by atoms with Crippen molar-refractivity contribution in [2.45, 2.75) is 0 Å². The first-order valence-electron chi connectivity index (χ1n) is 7.21. The zero-order valence-electron chi connectivity index (χ0n) is 12.7. The normalized spacial score (nSPS) is 15.8. The molecule has 2 heterocycles. The van der Waals surface area contributed by atoms with Gasteiger partial charge in [0.25, 0.3) is 0 Å². The van der Waals surface area contributed by atoms with Gasteiger partial charge in [-0.3, -0.25) is 4.79 Å². The molecule has 0 spiro atoms. The second-order valence-corrected chi connectivity index (χ2v) is 5.50. The van der Waals surface area contributed by atoms with Gasteiger partial charge in [-0.2, -0.15) is 5.26 Å². The molecule has 0 atom stereocenters. The maximum Gasteiger partial charge on any atom is 0.207 e. The number of piperazine rings is 1. The van der Waals surface area contributed by atoms with Crippen LogP contribution in [0.2, 0.25) is 0 Å². The van der Waals surface area contributed by atoms with E-state index in [1.807, 2.05) is 12.1 Å². The molecule has 1 aliphatic rings. The van der Waals surface area contributed by atoms with Gasteiger partial charge in [-0.1, -0.05) is 0 Å². The van der Waals surface area contributed by atoms with Crippen LogP contribution in [-0.4, -0.2) is 50.2 Å². The number of aromatic amines is 1. The number of likely N-dealkylation sites (N-methyl/N-ethyl adjacent to an activating group) is 1. The summed E-state index contributed by atoms with van der Waals surface area (Å²) in [5, 5.41) is 9.45. The summed E-state index contributed by atoms with van der Waals surface area (Å²) in [7, 11) is 3.71. The number of H-pyrrole nitrogens is 1. The van der Waals surface area contributed by atoms with Gasteiger partial charge in [0, 0.05) is 32.4 Å². The second kappa shape index (κ2) is 5.70. The SMILES string of the molecule is COc1cc2c(=O)c(C#N)c[nH]c2cc1N1CCN(C)CC1. The van der Waals surface area contributed by atoms with E-state index >= 15 is 0 Å². The standard InChI is InChI=1S/C16H18N4O2/c1-19-3-5-20(6-4-19)14-8-13-12(7-15(14)22-2)16(21)11(9-17)10-18-13/h7-8,10H,3-6H2,1-2H3,(H,18,21). The predicted octanol–water partition coefficient (Wildman–Crippen LogP) is 1.16. The van der Waals surface area contributed by atoms with Crippen LogP contribution in [0.1, 0.15) is 5.56 Å². The highest BCUT2D eigenvalue weighted by atomic mass is 16.5. The summed E-state index contributed by atoms with van der Waals surface area (Å²) in [5.41, 5.74) is 1.54. The number of aromatic nitrogens is 1. The lowest BCUT2D eigenvalue weighted by Gasteiger charge is -2.34. The Morgan fingerprint density at radius 2 is 2.00 bits per heavy atom. The minimum Gasteiger partial charge on any atom is -0.495 e. The maximum atomic E-state index is 12.2. The topological polar surface area (TPSA) is 72.4 Å². The van der Waals surface area contributed by atoms with E-state index in [0.29, 0.717) is 11.1 Å². The van der Waals surface area contributed by atoms with Crippen molar-refractivity contribution in [1.82, 2.24) is 9.88 Å². The molecule has 22 heavy (non-hydrogen) atoms. The third kappa shape index (κ3) is 2.40. The molecule has 6 heteroatoms. The Bertz CT molecular complexity index is 798. The Hall–Kier alpha value is -2.52. The van der Waals surface area contributed by atoms with Crippen LogP contribution in [-0.2, 0) is 0 Å². The first kappa shape index (κ1) is 14.4. The highest BCUT2D eigenvalue weighted by Crippen LogP contribution is 2.32. The second-order valence-electron chi connectivity index (χ2n) is 5.50. The maximum absolute atomic E-state index is 12.2. The van der Waals surface area contributed by atoms with E-state index in [9.17, 15) is 4.79 Å². The molecule has 0 saturated carbocycles. The third-order valence-corrected chi connectivity index (χ3v) is 4.14. The Morgan fingerprint density at radius 3 is 2.64 bits per heavy atom. The Morgan fingerprint density at radius 1 is 1.27 bits per heavy atom. The number of nitrogens with zero attached hydrogens (tertiary/aromatic N) is 3. The lowest BCUT2D eigenvalue weighted by molar-refractivity contribution is 0.311. The average Bonchev–Trinajstić information content (AvgIpc) is 2.55. The Labute approximate surface area is 128 Å². The number of hydrogen-bond acceptors (Lipinski definition) is 5. The molecule has 0 bridgehead atoms. The molecule has 0 aliphatic carbocycles. The molecule has 0 unspecified atom stereocenters. The van der Waals surface area contributed by atoms with Crippen LogP contribution in [0.4, 0.5) is 5.69 Å². The zero-order valence-corrected chi connectivity index (χ0v) is 12.7. The molecule has 1 N–H and O–H groups in total. The number of nitrogens with one attached hydrogen (secondary N) is 1. The van der Waals surface area contributed by atoms with Crippen molar-refractivity contribution in [3.63, 3.8) is 0 Å². The smallest absolute Gasteiger partial charge is 0.207 e. The molecule has 114 valence electrons. The summed E-state index contributed by atoms with van der Waals surface area (Å²) in [5.74, 6) is 0.664. The van der Waals surface area contributed by atoms with Gasteiger partial charge < -0.3 is 19.5 Å². The van der Waals surface area contributed by atoms with Gasteiger partial charge in [0.15, 0.2) is 0 Å². The van der Waals surface area contributed by atoms with Gasteiger partial charge in [0.2, 0.25) is 5.43 Å². The van der Waals surface area contributed by atoms with Gasteiger partial charge in [-0.05, 0) is 19.2 Å². The molecular weight excluding hydrogens is 280 g/mol. The van der Waals surface area contributed by atoms with Crippen molar-refractivity contribution in [2.75, 3.05) is 45.2 Å². The van der Waals surface area contributed by atoms with Crippen LogP contribution in [0, 0.1) is 11.3 Å². The van der Waals surface area contributed by atoms with Gasteiger partial charge in [0.05, 0.1) is 23.7 Å². The molecule has 0 amide bonds. The lowest BCUT2D eigenvalue weighted by Crippen LogP contribution is -2.44. The summed E-state index contributed by atoms with van der Waals surface area (Å²) in [6.07, 6.45) is 1.46. The third-order valence-electron chi connectivity index (χ3n) is 4.14. The highest BCUT2D eigenvalue weighted by Gasteiger charge is 2.19. The van der Waals surface area contributed by atoms with Crippen molar-refractivity contribution >= 4 is 16.6 Å². The molecule has 1 fully saturated rings. The van der Waals surface area contributed by atoms with Crippen molar-refractivity contribution in [3.8, 4) is 11.8 Å². The molecule has 1 aromatic carbocycles. The number of nitriles is 1. The summed E-state index contributed by atoms with van der Waals surface area (Å²) in [6.45, 7) is 3.81. The van der Waals surface area contributed by atoms with Crippen LogP contribution in [0.5, 0.6) is 5.75 Å². The first-order chi connectivity index (χ1) is 10.6. The number of fused-ring (bicyclic) bond motifs is 1. The van der Waals surface area contributed by atoms with Crippen molar-refractivity contribution in [3.05, 3.63) is 34.1 Å². The molecule has 6 nitrogen and oxygen atoms in total. The molecule has 1 aliphatic heterocycles. The summed E-state index contributed by atoms with van der Waals surface area (Å²) in [4.78, 5) is 19.8. The number of benzene rings is 1. The molecule has 1 saturated heterocycles. The van der Waals surface area contributed by atoms with E-state index in [-0.39, 0.29) is 11.0 Å². The fourth-order valence-electron chi connectivity index (χ4n) is 2.78. The number of rotatable bonds is 2. The summed E-state index contributed by atoms with van der Waals surface area (Å²) in [6, 6.07) is 5.56. The predicted molar refractivity (Wildman–Crippen MR) is 85.5 cm³/mol. The Balaban J connectivity index is 2.12. The fourth-order valence-corrected chi connectivity index (χ4v) is 2.78. The van der Waals surface area contributed by atoms with Crippen LogP contribution >= 0.6 is 0 Å². The van der Waals surface area contributed by atoms with Crippen molar-refractivity contribution in [1.29, 1.82) is 5.26 Å². The average molecular weight is 298 g/mol. The van der Waals surface area contributed by atoms with E-state index in [4.69, 9.17) is 10.00 Å². The van der Waals surface area contributed by atoms with Crippen LogP contribution in [0.15, 0.2) is 23.1 Å². The fraction of sp³-hybridized carbons (Fsp3) is 0.375. The van der Waals surface area contributed by atoms with E-state index < -0.39 is 0 Å². The highest BCUT2D eigenvalue weighted by molar-refractivity contribution is 5.86. The zero-order chi connectivity index (χ0) is 15.7. The van der Waals surface area contributed by atoms with Crippen LogP contribution in [0.3, 0.4) is 0 Å². The quantitative estimate of drug-likeness (QED) is 0.901. The Kier molecular flexibility index (Phi) is 3.73. The van der Waals surface area contributed by atoms with Gasteiger partial charge in [-0.25, -0.2) is 0 Å². The molecule has 0 radical (unpaired) electrons. The van der Waals surface area contributed by atoms with Gasteiger partial charge in [0.1, 0.15) is 17.4 Å². The van der Waals surface area contributed by atoms with Crippen LogP contribution < -0.4 is 15.1 Å². The monoisotopic (exact) mass is 298 g/mol. The number of anilines is 1. The summed E-state index contributed by atoms with van der Waals surface area (Å²) < 4.78 is 5.47. The number of hydrogen-bond donors (Lipinski definition) is 1. The lowest BCUT2D eigenvalue weighted by atomic mass is 10.1. The molecule has 1 aromatic heterocycles. The molecule has 2 aromatic rings. The number of ether oxygens (including phenoxy) is 1.